The second kappa shape index (κ2) is 4.74. The lowest BCUT2D eigenvalue weighted by molar-refractivity contribution is -0.0661. The zero-order valence-electron chi connectivity index (χ0n) is 7.85. The minimum atomic E-state index is -0.382. The van der Waals surface area contributed by atoms with Crippen molar-refractivity contribution < 1.29 is 14.0 Å². The van der Waals surface area contributed by atoms with Gasteiger partial charge in [0.1, 0.15) is 0 Å². The van der Waals surface area contributed by atoms with Gasteiger partial charge >= 0.3 is 0 Å². The molecule has 5 nitrogen and oxygen atoms in total. The molecule has 0 aliphatic rings. The zero-order chi connectivity index (χ0) is 9.68. The van der Waals surface area contributed by atoms with Crippen LogP contribution in [0.2, 0.25) is 0 Å². The number of aryl methyl sites for hydroxylation is 1. The molecule has 0 fully saturated rings. The lowest BCUT2D eigenvalue weighted by Crippen LogP contribution is -2.08. The van der Waals surface area contributed by atoms with E-state index in [2.05, 4.69) is 10.1 Å². The molecule has 0 aromatic carbocycles. The van der Waals surface area contributed by atoms with Crippen LogP contribution in [0.3, 0.4) is 0 Å². The number of hydrogen-bond acceptors (Lipinski definition) is 5. The second-order valence-corrected chi connectivity index (χ2v) is 2.38. The average Bonchev–Trinajstić information content (AvgIpc) is 2.53. The van der Waals surface area contributed by atoms with E-state index >= 15 is 0 Å². The van der Waals surface area contributed by atoms with Crippen LogP contribution < -0.4 is 0 Å². The number of ether oxygens (including phenoxy) is 2. The fourth-order valence-corrected chi connectivity index (χ4v) is 0.795. The van der Waals surface area contributed by atoms with Crippen molar-refractivity contribution in [1.82, 2.24) is 10.1 Å². The molecule has 5 heteroatoms. The quantitative estimate of drug-likeness (QED) is 0.653. The third-order valence-electron chi connectivity index (χ3n) is 1.40. The number of hydrogen-bond donors (Lipinski definition) is 0. The van der Waals surface area contributed by atoms with E-state index in [1.165, 1.54) is 0 Å². The molecular formula is C8H12N2O3. The minimum absolute atomic E-state index is 0.382. The maximum atomic E-state index is 4.93. The minimum Gasteiger partial charge on any atom is -0.352 e. The van der Waals surface area contributed by atoms with E-state index in [9.17, 15) is 0 Å². The van der Waals surface area contributed by atoms with Gasteiger partial charge in [0.25, 0.3) is 0 Å². The molecule has 1 rings (SSSR count). The van der Waals surface area contributed by atoms with Crippen LogP contribution in [0.1, 0.15) is 11.7 Å². The fraction of sp³-hybridized carbons (Fsp3) is 0.500. The second-order valence-electron chi connectivity index (χ2n) is 2.38. The maximum Gasteiger partial charge on any atom is 0.250 e. The Hall–Kier alpha value is -1.20. The SMILES string of the molecule is COC(/C=C/c1nc(C)no1)OC. The monoisotopic (exact) mass is 184 g/mol. The topological polar surface area (TPSA) is 57.4 Å². The highest BCUT2D eigenvalue weighted by Crippen LogP contribution is 2.01. The summed E-state index contributed by atoms with van der Waals surface area (Å²) in [5.41, 5.74) is 0. The normalized spacial score (nSPS) is 11.7. The van der Waals surface area contributed by atoms with E-state index in [4.69, 9.17) is 14.0 Å². The molecule has 72 valence electrons. The molecule has 0 aliphatic carbocycles. The highest BCUT2D eigenvalue weighted by Gasteiger charge is 2.00. The fourth-order valence-electron chi connectivity index (χ4n) is 0.795. The zero-order valence-corrected chi connectivity index (χ0v) is 7.85. The number of methoxy groups -OCH3 is 2. The molecule has 13 heavy (non-hydrogen) atoms. The van der Waals surface area contributed by atoms with Crippen molar-refractivity contribution >= 4 is 6.08 Å². The largest absolute Gasteiger partial charge is 0.352 e. The molecule has 1 heterocycles. The number of aromatic nitrogens is 2. The standard InChI is InChI=1S/C8H12N2O3/c1-6-9-7(13-10-6)4-5-8(11-2)12-3/h4-5,8H,1-3H3/b5-4+. The van der Waals surface area contributed by atoms with Gasteiger partial charge in [-0.25, -0.2) is 0 Å². The van der Waals surface area contributed by atoms with E-state index in [0.717, 1.165) is 0 Å². The molecule has 0 atom stereocenters. The number of nitrogens with zero attached hydrogens (tertiary/aromatic N) is 2. The Morgan fingerprint density at radius 3 is 2.54 bits per heavy atom. The van der Waals surface area contributed by atoms with Gasteiger partial charge in [0, 0.05) is 20.3 Å². The van der Waals surface area contributed by atoms with Gasteiger partial charge in [0.15, 0.2) is 12.1 Å². The van der Waals surface area contributed by atoms with Crippen molar-refractivity contribution in [3.8, 4) is 0 Å². The van der Waals surface area contributed by atoms with E-state index in [-0.39, 0.29) is 6.29 Å². The highest BCUT2D eigenvalue weighted by atomic mass is 16.7. The Morgan fingerprint density at radius 2 is 2.08 bits per heavy atom. The van der Waals surface area contributed by atoms with Gasteiger partial charge < -0.3 is 14.0 Å². The molecule has 1 aromatic rings. The summed E-state index contributed by atoms with van der Waals surface area (Å²) in [7, 11) is 3.11. The van der Waals surface area contributed by atoms with Crippen molar-refractivity contribution in [2.45, 2.75) is 13.2 Å². The third-order valence-corrected chi connectivity index (χ3v) is 1.40. The molecule has 0 bridgehead atoms. The van der Waals surface area contributed by atoms with Crippen molar-refractivity contribution in [3.63, 3.8) is 0 Å². The molecule has 0 spiro atoms. The van der Waals surface area contributed by atoms with Gasteiger partial charge in [-0.15, -0.1) is 0 Å². The van der Waals surface area contributed by atoms with Crippen LogP contribution in [0, 0.1) is 6.92 Å². The van der Waals surface area contributed by atoms with Crippen molar-refractivity contribution in [2.75, 3.05) is 14.2 Å². The van der Waals surface area contributed by atoms with Crippen LogP contribution >= 0.6 is 0 Å². The predicted molar refractivity (Wildman–Crippen MR) is 45.9 cm³/mol. The first-order valence-corrected chi connectivity index (χ1v) is 3.80. The smallest absolute Gasteiger partial charge is 0.250 e. The molecule has 0 saturated heterocycles. The van der Waals surface area contributed by atoms with Gasteiger partial charge in [0.2, 0.25) is 5.89 Å². The summed E-state index contributed by atoms with van der Waals surface area (Å²) in [5.74, 6) is 1.04. The van der Waals surface area contributed by atoms with Gasteiger partial charge in [-0.2, -0.15) is 4.98 Å². The van der Waals surface area contributed by atoms with Crippen LogP contribution in [0.4, 0.5) is 0 Å². The van der Waals surface area contributed by atoms with Crippen molar-refractivity contribution in [1.29, 1.82) is 0 Å². The first kappa shape index (κ1) is 9.88. The number of rotatable bonds is 4. The Labute approximate surface area is 76.3 Å². The van der Waals surface area contributed by atoms with E-state index < -0.39 is 0 Å². The summed E-state index contributed by atoms with van der Waals surface area (Å²) in [4.78, 5) is 3.98. The van der Waals surface area contributed by atoms with Crippen LogP contribution in [0.15, 0.2) is 10.6 Å². The molecule has 0 N–H and O–H groups in total. The van der Waals surface area contributed by atoms with Crippen LogP contribution in [0.5, 0.6) is 0 Å². The summed E-state index contributed by atoms with van der Waals surface area (Å²) in [6, 6.07) is 0. The summed E-state index contributed by atoms with van der Waals surface area (Å²) in [5, 5.41) is 3.63. The summed E-state index contributed by atoms with van der Waals surface area (Å²) >= 11 is 0. The predicted octanol–water partition coefficient (Wildman–Crippen LogP) is 1.01. The lowest BCUT2D eigenvalue weighted by Gasteiger charge is -2.05. The molecular weight excluding hydrogens is 172 g/mol. The van der Waals surface area contributed by atoms with Crippen molar-refractivity contribution in [3.05, 3.63) is 17.8 Å². The van der Waals surface area contributed by atoms with Crippen LogP contribution in [0.25, 0.3) is 6.08 Å². The summed E-state index contributed by atoms with van der Waals surface area (Å²) in [6.07, 6.45) is 2.96. The molecule has 0 radical (unpaired) electrons. The first-order chi connectivity index (χ1) is 6.26. The van der Waals surface area contributed by atoms with Crippen LogP contribution in [-0.2, 0) is 9.47 Å². The molecule has 0 unspecified atom stereocenters. The van der Waals surface area contributed by atoms with Gasteiger partial charge in [-0.1, -0.05) is 5.16 Å². The van der Waals surface area contributed by atoms with Crippen molar-refractivity contribution in [2.24, 2.45) is 0 Å². The average molecular weight is 184 g/mol. The van der Waals surface area contributed by atoms with Gasteiger partial charge in [-0.05, 0) is 13.0 Å². The van der Waals surface area contributed by atoms with Gasteiger partial charge in [0.05, 0.1) is 0 Å². The maximum absolute atomic E-state index is 4.93. The van der Waals surface area contributed by atoms with Crippen LogP contribution in [-0.4, -0.2) is 30.7 Å². The first-order valence-electron chi connectivity index (χ1n) is 3.80. The summed E-state index contributed by atoms with van der Waals surface area (Å²) in [6.45, 7) is 1.75. The van der Waals surface area contributed by atoms with E-state index in [1.807, 2.05) is 0 Å². The lowest BCUT2D eigenvalue weighted by atomic mass is 10.5. The van der Waals surface area contributed by atoms with Gasteiger partial charge in [-0.3, -0.25) is 0 Å². The Balaban J connectivity index is 2.57. The molecule has 1 aromatic heterocycles. The molecule has 0 saturated carbocycles. The molecule has 0 amide bonds. The van der Waals surface area contributed by atoms with E-state index in [1.54, 1.807) is 33.3 Å². The Kier molecular flexibility index (Phi) is 3.60. The summed E-state index contributed by atoms with van der Waals surface area (Å²) < 4.78 is 14.7. The van der Waals surface area contributed by atoms with E-state index in [0.29, 0.717) is 11.7 Å². The Bertz CT molecular complexity index is 279. The highest BCUT2D eigenvalue weighted by molar-refractivity contribution is 5.37. The molecule has 0 aliphatic heterocycles. The third kappa shape index (κ3) is 2.96. The Morgan fingerprint density at radius 1 is 1.38 bits per heavy atom.